The van der Waals surface area contributed by atoms with Crippen LogP contribution >= 0.6 is 0 Å². The zero-order valence-corrected chi connectivity index (χ0v) is 17.8. The summed E-state index contributed by atoms with van der Waals surface area (Å²) in [6.45, 7) is 10.3. The van der Waals surface area contributed by atoms with Crippen LogP contribution in [0.25, 0.3) is 0 Å². The molecule has 0 unspecified atom stereocenters. The summed E-state index contributed by atoms with van der Waals surface area (Å²) in [5.74, 6) is 1.97. The number of benzene rings is 1. The number of piperazine rings is 1. The smallest absolute Gasteiger partial charge is 0.251 e. The monoisotopic (exact) mass is 413 g/mol. The van der Waals surface area contributed by atoms with Crippen LogP contribution in [0.15, 0.2) is 36.7 Å². The fourth-order valence-corrected chi connectivity index (χ4v) is 3.42. The third-order valence-electron chi connectivity index (χ3n) is 4.95. The summed E-state index contributed by atoms with van der Waals surface area (Å²) in [5.41, 5.74) is 0.582. The predicted molar refractivity (Wildman–Crippen MR) is 116 cm³/mol. The molecule has 0 spiro atoms. The minimum Gasteiger partial charge on any atom is -0.490 e. The van der Waals surface area contributed by atoms with Crippen LogP contribution in [0.5, 0.6) is 11.5 Å². The van der Waals surface area contributed by atoms with Gasteiger partial charge >= 0.3 is 0 Å². The second-order valence-electron chi connectivity index (χ2n) is 7.01. The van der Waals surface area contributed by atoms with Gasteiger partial charge in [0.1, 0.15) is 0 Å². The van der Waals surface area contributed by atoms with E-state index in [-0.39, 0.29) is 5.91 Å². The number of ether oxygens (including phenoxy) is 2. The van der Waals surface area contributed by atoms with Crippen LogP contribution in [0, 0.1) is 0 Å². The minimum absolute atomic E-state index is 0.0925. The molecule has 1 aliphatic rings. The number of hydrogen-bond donors (Lipinski definition) is 1. The summed E-state index contributed by atoms with van der Waals surface area (Å²) >= 11 is 0. The zero-order chi connectivity index (χ0) is 21.2. The van der Waals surface area contributed by atoms with Crippen LogP contribution in [-0.4, -0.2) is 73.3 Å². The number of anilines is 1. The van der Waals surface area contributed by atoms with Crippen LogP contribution < -0.4 is 19.7 Å². The number of carbonyl (C=O) groups is 1. The summed E-state index contributed by atoms with van der Waals surface area (Å²) in [6.07, 6.45) is 4.46. The maximum atomic E-state index is 12.5. The van der Waals surface area contributed by atoms with E-state index >= 15 is 0 Å². The lowest BCUT2D eigenvalue weighted by atomic mass is 10.2. The molecule has 1 fully saturated rings. The van der Waals surface area contributed by atoms with Crippen LogP contribution in [0.3, 0.4) is 0 Å². The van der Waals surface area contributed by atoms with Gasteiger partial charge in [-0.25, -0.2) is 9.97 Å². The minimum atomic E-state index is -0.0925. The Kier molecular flexibility index (Phi) is 8.26. The van der Waals surface area contributed by atoms with Crippen molar-refractivity contribution >= 4 is 11.9 Å². The van der Waals surface area contributed by atoms with Crippen LogP contribution in [0.2, 0.25) is 0 Å². The van der Waals surface area contributed by atoms with Gasteiger partial charge < -0.3 is 19.7 Å². The number of carbonyl (C=O) groups excluding carboxylic acids is 1. The molecule has 2 heterocycles. The Bertz CT molecular complexity index is 795. The summed E-state index contributed by atoms with van der Waals surface area (Å²) in [6, 6.07) is 7.14. The van der Waals surface area contributed by atoms with E-state index in [1.54, 1.807) is 30.6 Å². The van der Waals surface area contributed by atoms with Crippen molar-refractivity contribution in [2.75, 3.05) is 57.4 Å². The molecule has 1 N–H and O–H groups in total. The van der Waals surface area contributed by atoms with Crippen molar-refractivity contribution < 1.29 is 14.3 Å². The van der Waals surface area contributed by atoms with E-state index in [2.05, 4.69) is 25.1 Å². The van der Waals surface area contributed by atoms with Crippen LogP contribution in [-0.2, 0) is 0 Å². The molecule has 2 aromatic rings. The van der Waals surface area contributed by atoms with Gasteiger partial charge in [-0.15, -0.1) is 0 Å². The molecule has 1 aromatic carbocycles. The highest BCUT2D eigenvalue weighted by atomic mass is 16.5. The fourth-order valence-electron chi connectivity index (χ4n) is 3.42. The fraction of sp³-hybridized carbons (Fsp3) is 0.500. The zero-order valence-electron chi connectivity index (χ0n) is 17.8. The third-order valence-corrected chi connectivity index (χ3v) is 4.95. The SMILES string of the molecule is CCOc1ccc(C(=O)NCCCN2CCN(c3ncccn3)CC2)cc1OCC. The van der Waals surface area contributed by atoms with E-state index in [0.717, 1.165) is 45.1 Å². The summed E-state index contributed by atoms with van der Waals surface area (Å²) < 4.78 is 11.2. The highest BCUT2D eigenvalue weighted by molar-refractivity contribution is 5.94. The average Bonchev–Trinajstić information content (AvgIpc) is 2.79. The van der Waals surface area contributed by atoms with Gasteiger partial charge in [-0.05, 0) is 51.1 Å². The van der Waals surface area contributed by atoms with Crippen molar-refractivity contribution in [3.63, 3.8) is 0 Å². The number of rotatable bonds is 10. The third kappa shape index (κ3) is 6.06. The molecule has 1 amide bonds. The van der Waals surface area contributed by atoms with E-state index in [9.17, 15) is 4.79 Å². The molecule has 8 heteroatoms. The first-order chi connectivity index (χ1) is 14.7. The Morgan fingerprint density at radius 2 is 1.73 bits per heavy atom. The normalized spacial score (nSPS) is 14.4. The van der Waals surface area contributed by atoms with Crippen molar-refractivity contribution in [2.24, 2.45) is 0 Å². The maximum Gasteiger partial charge on any atom is 0.251 e. The Hall–Kier alpha value is -2.87. The molecule has 0 atom stereocenters. The first kappa shape index (κ1) is 21.8. The van der Waals surface area contributed by atoms with Crippen molar-refractivity contribution in [3.05, 3.63) is 42.2 Å². The predicted octanol–water partition coefficient (Wildman–Crippen LogP) is 2.22. The van der Waals surface area contributed by atoms with Gasteiger partial charge in [0, 0.05) is 50.7 Å². The molecule has 30 heavy (non-hydrogen) atoms. The lowest BCUT2D eigenvalue weighted by Gasteiger charge is -2.34. The Morgan fingerprint density at radius 1 is 1.03 bits per heavy atom. The molecule has 0 radical (unpaired) electrons. The van der Waals surface area contributed by atoms with Gasteiger partial charge in [-0.1, -0.05) is 0 Å². The molecule has 1 saturated heterocycles. The lowest BCUT2D eigenvalue weighted by molar-refractivity contribution is 0.0951. The summed E-state index contributed by atoms with van der Waals surface area (Å²) in [7, 11) is 0. The van der Waals surface area contributed by atoms with Crippen LogP contribution in [0.1, 0.15) is 30.6 Å². The lowest BCUT2D eigenvalue weighted by Crippen LogP contribution is -2.47. The van der Waals surface area contributed by atoms with E-state index in [4.69, 9.17) is 9.47 Å². The van der Waals surface area contributed by atoms with E-state index in [1.807, 2.05) is 19.9 Å². The first-order valence-electron chi connectivity index (χ1n) is 10.6. The van der Waals surface area contributed by atoms with Gasteiger partial charge in [0.2, 0.25) is 5.95 Å². The van der Waals surface area contributed by atoms with E-state index < -0.39 is 0 Å². The van der Waals surface area contributed by atoms with Gasteiger partial charge in [-0.3, -0.25) is 9.69 Å². The number of hydrogen-bond acceptors (Lipinski definition) is 7. The van der Waals surface area contributed by atoms with Gasteiger partial charge in [0.25, 0.3) is 5.91 Å². The largest absolute Gasteiger partial charge is 0.490 e. The molecular weight excluding hydrogens is 382 g/mol. The molecule has 3 rings (SSSR count). The second-order valence-corrected chi connectivity index (χ2v) is 7.01. The molecule has 8 nitrogen and oxygen atoms in total. The Labute approximate surface area is 178 Å². The number of aromatic nitrogens is 2. The maximum absolute atomic E-state index is 12.5. The first-order valence-corrected chi connectivity index (χ1v) is 10.6. The molecule has 0 saturated carbocycles. The topological polar surface area (TPSA) is 79.8 Å². The quantitative estimate of drug-likeness (QED) is 0.598. The van der Waals surface area contributed by atoms with Crippen LogP contribution in [0.4, 0.5) is 5.95 Å². The summed E-state index contributed by atoms with van der Waals surface area (Å²) in [4.78, 5) is 25.7. The highest BCUT2D eigenvalue weighted by Gasteiger charge is 2.18. The molecule has 162 valence electrons. The number of nitrogens with zero attached hydrogens (tertiary/aromatic N) is 4. The van der Waals surface area contributed by atoms with Gasteiger partial charge in [-0.2, -0.15) is 0 Å². The second kappa shape index (κ2) is 11.3. The number of nitrogens with one attached hydrogen (secondary N) is 1. The van der Waals surface area contributed by atoms with Gasteiger partial charge in [0.15, 0.2) is 11.5 Å². The molecule has 1 aliphatic heterocycles. The highest BCUT2D eigenvalue weighted by Crippen LogP contribution is 2.28. The Morgan fingerprint density at radius 3 is 2.43 bits per heavy atom. The summed E-state index contributed by atoms with van der Waals surface area (Å²) in [5, 5.41) is 3.00. The number of amides is 1. The molecular formula is C22H31N5O3. The molecule has 0 aliphatic carbocycles. The van der Waals surface area contributed by atoms with Crippen molar-refractivity contribution in [2.45, 2.75) is 20.3 Å². The van der Waals surface area contributed by atoms with E-state index in [1.165, 1.54) is 0 Å². The molecule has 1 aromatic heterocycles. The standard InChI is InChI=1S/C22H31N5O3/c1-3-29-19-8-7-18(17-20(19)30-4-2)21(28)23-11-6-12-26-13-15-27(16-14-26)22-24-9-5-10-25-22/h5,7-10,17H,3-4,6,11-16H2,1-2H3,(H,23,28). The average molecular weight is 414 g/mol. The van der Waals surface area contributed by atoms with Crippen molar-refractivity contribution in [1.29, 1.82) is 0 Å². The van der Waals surface area contributed by atoms with Crippen molar-refractivity contribution in [1.82, 2.24) is 20.2 Å². The van der Waals surface area contributed by atoms with Crippen molar-refractivity contribution in [3.8, 4) is 11.5 Å². The van der Waals surface area contributed by atoms with Gasteiger partial charge in [0.05, 0.1) is 13.2 Å². The van der Waals surface area contributed by atoms with E-state index in [0.29, 0.717) is 36.8 Å². The Balaban J connectivity index is 1.39. The molecule has 0 bridgehead atoms.